The summed E-state index contributed by atoms with van der Waals surface area (Å²) >= 11 is 6.52. The highest BCUT2D eigenvalue weighted by molar-refractivity contribution is 7.80. The first-order valence-electron chi connectivity index (χ1n) is 8.05. The van der Waals surface area contributed by atoms with Gasteiger partial charge in [0.2, 0.25) is 5.13 Å². The molecule has 8 heteroatoms. The zero-order valence-electron chi connectivity index (χ0n) is 14.8. The molecule has 2 rings (SSSR count). The first kappa shape index (κ1) is 19.3. The molecule has 0 saturated carbocycles. The number of aryl methyl sites for hydroxylation is 2. The van der Waals surface area contributed by atoms with Crippen LogP contribution >= 0.6 is 23.6 Å². The molecule has 0 unspecified atom stereocenters. The van der Waals surface area contributed by atoms with E-state index in [4.69, 9.17) is 17.0 Å². The molecule has 0 spiro atoms. The van der Waals surface area contributed by atoms with Gasteiger partial charge in [-0.2, -0.15) is 0 Å². The van der Waals surface area contributed by atoms with E-state index >= 15 is 0 Å². The van der Waals surface area contributed by atoms with Crippen molar-refractivity contribution in [2.75, 3.05) is 11.9 Å². The van der Waals surface area contributed by atoms with E-state index in [9.17, 15) is 4.79 Å². The molecular formula is C17H22N4O2S2. The molecule has 0 aliphatic rings. The SMILES string of the molecule is CCc1nnc(NC(=S)NC(=O)COc2cc(C)ccc2C(C)C)s1. The lowest BCUT2D eigenvalue weighted by atomic mass is 10.0. The van der Waals surface area contributed by atoms with Gasteiger partial charge in [-0.15, -0.1) is 10.2 Å². The van der Waals surface area contributed by atoms with Gasteiger partial charge >= 0.3 is 0 Å². The minimum absolute atomic E-state index is 0.110. The average Bonchev–Trinajstić information content (AvgIpc) is 3.00. The molecule has 1 heterocycles. The second-order valence-electron chi connectivity index (χ2n) is 5.84. The highest BCUT2D eigenvalue weighted by atomic mass is 32.1. The second-order valence-corrected chi connectivity index (χ2v) is 7.31. The van der Waals surface area contributed by atoms with E-state index < -0.39 is 0 Å². The Morgan fingerprint density at radius 1 is 1.36 bits per heavy atom. The van der Waals surface area contributed by atoms with Crippen LogP contribution in [0.2, 0.25) is 0 Å². The minimum atomic E-state index is -0.325. The van der Waals surface area contributed by atoms with Crippen molar-refractivity contribution in [3.63, 3.8) is 0 Å². The zero-order valence-corrected chi connectivity index (χ0v) is 16.4. The molecule has 0 bridgehead atoms. The second kappa shape index (κ2) is 8.87. The van der Waals surface area contributed by atoms with Crippen molar-refractivity contribution in [1.29, 1.82) is 0 Å². The number of thiocarbonyl (C=S) groups is 1. The maximum atomic E-state index is 12.0. The van der Waals surface area contributed by atoms with Crippen molar-refractivity contribution in [2.24, 2.45) is 0 Å². The molecule has 0 aliphatic carbocycles. The monoisotopic (exact) mass is 378 g/mol. The van der Waals surface area contributed by atoms with Gasteiger partial charge in [-0.05, 0) is 48.7 Å². The fourth-order valence-corrected chi connectivity index (χ4v) is 3.08. The van der Waals surface area contributed by atoms with Gasteiger partial charge < -0.3 is 10.1 Å². The summed E-state index contributed by atoms with van der Waals surface area (Å²) in [5, 5.41) is 15.0. The van der Waals surface area contributed by atoms with Crippen LogP contribution in [0, 0.1) is 6.92 Å². The Morgan fingerprint density at radius 3 is 2.76 bits per heavy atom. The summed E-state index contributed by atoms with van der Waals surface area (Å²) in [6, 6.07) is 6.00. The van der Waals surface area contributed by atoms with E-state index in [-0.39, 0.29) is 17.6 Å². The standard InChI is InChI=1S/C17H22N4O2S2/c1-5-15-20-21-17(25-15)19-16(24)18-14(22)9-23-13-8-11(4)6-7-12(13)10(2)3/h6-8,10H,5,9H2,1-4H3,(H2,18,19,21,22,24). The molecule has 0 aliphatic heterocycles. The van der Waals surface area contributed by atoms with Crippen molar-refractivity contribution in [3.05, 3.63) is 34.3 Å². The smallest absolute Gasteiger partial charge is 0.264 e. The summed E-state index contributed by atoms with van der Waals surface area (Å²) in [6.07, 6.45) is 0.807. The van der Waals surface area contributed by atoms with Gasteiger partial charge in [0.1, 0.15) is 10.8 Å². The van der Waals surface area contributed by atoms with Crippen molar-refractivity contribution < 1.29 is 9.53 Å². The quantitative estimate of drug-likeness (QED) is 0.750. The highest BCUT2D eigenvalue weighted by Crippen LogP contribution is 2.27. The molecule has 6 nitrogen and oxygen atoms in total. The van der Waals surface area contributed by atoms with Crippen LogP contribution in [0.4, 0.5) is 5.13 Å². The highest BCUT2D eigenvalue weighted by Gasteiger charge is 2.12. The number of aromatic nitrogens is 2. The van der Waals surface area contributed by atoms with Crippen molar-refractivity contribution in [3.8, 4) is 5.75 Å². The van der Waals surface area contributed by atoms with E-state index in [0.29, 0.717) is 11.0 Å². The number of carbonyl (C=O) groups is 1. The van der Waals surface area contributed by atoms with Crippen LogP contribution in [0.3, 0.4) is 0 Å². The summed E-state index contributed by atoms with van der Waals surface area (Å²) in [4.78, 5) is 12.0. The number of ether oxygens (including phenoxy) is 1. The normalized spacial score (nSPS) is 10.6. The maximum Gasteiger partial charge on any atom is 0.264 e. The molecular weight excluding hydrogens is 356 g/mol. The predicted octanol–water partition coefficient (Wildman–Crippen LogP) is 3.42. The first-order chi connectivity index (χ1) is 11.9. The topological polar surface area (TPSA) is 76.1 Å². The van der Waals surface area contributed by atoms with Gasteiger partial charge in [-0.1, -0.05) is 44.2 Å². The third-order valence-electron chi connectivity index (χ3n) is 3.39. The summed E-state index contributed by atoms with van der Waals surface area (Å²) < 4.78 is 5.69. The molecule has 134 valence electrons. The lowest BCUT2D eigenvalue weighted by Crippen LogP contribution is -2.37. The molecule has 25 heavy (non-hydrogen) atoms. The fraction of sp³-hybridized carbons (Fsp3) is 0.412. The molecule has 0 saturated heterocycles. The largest absolute Gasteiger partial charge is 0.483 e. The third-order valence-corrected chi connectivity index (χ3v) is 4.58. The molecule has 1 aromatic heterocycles. The lowest BCUT2D eigenvalue weighted by Gasteiger charge is -2.15. The number of nitrogens with one attached hydrogen (secondary N) is 2. The Labute approximate surface area is 157 Å². The van der Waals surface area contributed by atoms with E-state index in [1.54, 1.807) is 0 Å². The van der Waals surface area contributed by atoms with E-state index in [2.05, 4.69) is 34.7 Å². The van der Waals surface area contributed by atoms with Crippen molar-refractivity contribution in [2.45, 2.75) is 40.0 Å². The van der Waals surface area contributed by atoms with Crippen LogP contribution in [-0.4, -0.2) is 27.8 Å². The van der Waals surface area contributed by atoms with Crippen LogP contribution in [0.5, 0.6) is 5.75 Å². The van der Waals surface area contributed by atoms with Crippen LogP contribution in [0.1, 0.15) is 42.8 Å². The third kappa shape index (κ3) is 5.75. The van der Waals surface area contributed by atoms with Gasteiger partial charge in [0, 0.05) is 0 Å². The molecule has 2 aromatic rings. The Bertz CT molecular complexity index is 759. The van der Waals surface area contributed by atoms with E-state index in [1.165, 1.54) is 11.3 Å². The van der Waals surface area contributed by atoms with Crippen LogP contribution in [-0.2, 0) is 11.2 Å². The number of carbonyl (C=O) groups excluding carboxylic acids is 1. The van der Waals surface area contributed by atoms with E-state index in [1.807, 2.05) is 32.0 Å². The van der Waals surface area contributed by atoms with Crippen LogP contribution in [0.15, 0.2) is 18.2 Å². The average molecular weight is 379 g/mol. The van der Waals surface area contributed by atoms with Crippen LogP contribution in [0.25, 0.3) is 0 Å². The summed E-state index contributed by atoms with van der Waals surface area (Å²) in [5.74, 6) is 0.709. The number of nitrogens with zero attached hydrogens (tertiary/aromatic N) is 2. The van der Waals surface area contributed by atoms with Gasteiger partial charge in [-0.25, -0.2) is 0 Å². The van der Waals surface area contributed by atoms with Gasteiger partial charge in [0.25, 0.3) is 5.91 Å². The van der Waals surface area contributed by atoms with Crippen molar-refractivity contribution in [1.82, 2.24) is 15.5 Å². The molecule has 0 radical (unpaired) electrons. The fourth-order valence-electron chi connectivity index (χ4n) is 2.12. The minimum Gasteiger partial charge on any atom is -0.483 e. The first-order valence-corrected chi connectivity index (χ1v) is 9.28. The number of rotatable bonds is 6. The Balaban J connectivity index is 1.88. The zero-order chi connectivity index (χ0) is 18.4. The molecule has 1 amide bonds. The summed E-state index contributed by atoms with van der Waals surface area (Å²) in [6.45, 7) is 8.05. The Morgan fingerprint density at radius 2 is 2.12 bits per heavy atom. The number of hydrogen-bond acceptors (Lipinski definition) is 6. The number of anilines is 1. The predicted molar refractivity (Wildman–Crippen MR) is 104 cm³/mol. The molecule has 0 atom stereocenters. The number of hydrogen-bond donors (Lipinski definition) is 2. The molecule has 2 N–H and O–H groups in total. The van der Waals surface area contributed by atoms with Crippen LogP contribution < -0.4 is 15.4 Å². The molecule has 0 fully saturated rings. The Hall–Kier alpha value is -2.06. The van der Waals surface area contributed by atoms with Gasteiger partial charge in [-0.3, -0.25) is 10.1 Å². The Kier molecular flexibility index (Phi) is 6.83. The lowest BCUT2D eigenvalue weighted by molar-refractivity contribution is -0.121. The van der Waals surface area contributed by atoms with E-state index in [0.717, 1.165) is 28.3 Å². The number of amides is 1. The van der Waals surface area contributed by atoms with Gasteiger partial charge in [0.05, 0.1) is 0 Å². The molecule has 1 aromatic carbocycles. The number of benzene rings is 1. The maximum absolute atomic E-state index is 12.0. The van der Waals surface area contributed by atoms with Crippen molar-refractivity contribution >= 4 is 39.7 Å². The summed E-state index contributed by atoms with van der Waals surface area (Å²) in [5.41, 5.74) is 2.15. The van der Waals surface area contributed by atoms with Gasteiger partial charge in [0.15, 0.2) is 11.7 Å². The summed E-state index contributed by atoms with van der Waals surface area (Å²) in [7, 11) is 0.